The van der Waals surface area contributed by atoms with E-state index in [1.807, 2.05) is 0 Å². The highest BCUT2D eigenvalue weighted by atomic mass is 32.2. The van der Waals surface area contributed by atoms with E-state index in [-0.39, 0.29) is 6.61 Å². The molecule has 5 nitrogen and oxygen atoms in total. The van der Waals surface area contributed by atoms with Crippen LogP contribution in [0.3, 0.4) is 0 Å². The zero-order valence-electron chi connectivity index (χ0n) is 8.39. The Morgan fingerprint density at radius 1 is 1.80 bits per heavy atom. The van der Waals surface area contributed by atoms with Gasteiger partial charge >= 0.3 is 5.97 Å². The van der Waals surface area contributed by atoms with Crippen molar-refractivity contribution in [3.63, 3.8) is 0 Å². The number of aryl methyl sites for hydroxylation is 1. The molecule has 0 saturated carbocycles. The minimum atomic E-state index is -0.895. The molecule has 0 radical (unpaired) electrons. The van der Waals surface area contributed by atoms with Gasteiger partial charge in [0.2, 0.25) is 0 Å². The number of nitrogens with two attached hydrogens (primary N) is 1. The Morgan fingerprint density at radius 2 is 2.47 bits per heavy atom. The van der Waals surface area contributed by atoms with Gasteiger partial charge in [-0.25, -0.2) is 4.98 Å². The summed E-state index contributed by atoms with van der Waals surface area (Å²) < 4.78 is 5.67. The van der Waals surface area contributed by atoms with Crippen molar-refractivity contribution < 1.29 is 14.6 Å². The second-order valence-electron chi connectivity index (χ2n) is 2.83. The quantitative estimate of drug-likeness (QED) is 0.762. The third-order valence-electron chi connectivity index (χ3n) is 1.61. The molecule has 3 N–H and O–H groups in total. The van der Waals surface area contributed by atoms with Crippen molar-refractivity contribution in [3.05, 3.63) is 5.69 Å². The summed E-state index contributed by atoms with van der Waals surface area (Å²) in [6.07, 6.45) is 0. The van der Waals surface area contributed by atoms with Crippen LogP contribution in [0.2, 0.25) is 0 Å². The zero-order chi connectivity index (χ0) is 11.4. The monoisotopic (exact) mass is 248 g/mol. The van der Waals surface area contributed by atoms with Crippen LogP contribution in [0, 0.1) is 6.92 Å². The standard InChI is InChI=1S/C8H12N2O3S2/c1-4-7(15-8(9)10-4)14-5(3-13-2)6(11)12/h5H,3H2,1-2H3,(H2,9,10)(H,11,12). The van der Waals surface area contributed by atoms with Gasteiger partial charge in [0.15, 0.2) is 5.13 Å². The Hall–Kier alpha value is -0.790. The number of thioether (sulfide) groups is 1. The predicted octanol–water partition coefficient (Wildman–Crippen LogP) is 1.23. The van der Waals surface area contributed by atoms with Gasteiger partial charge in [-0.15, -0.1) is 0 Å². The van der Waals surface area contributed by atoms with Crippen molar-refractivity contribution in [3.8, 4) is 0 Å². The SMILES string of the molecule is COCC(Sc1sc(N)nc1C)C(=O)O. The van der Waals surface area contributed by atoms with E-state index in [2.05, 4.69) is 4.98 Å². The van der Waals surface area contributed by atoms with Crippen molar-refractivity contribution in [2.75, 3.05) is 19.5 Å². The van der Waals surface area contributed by atoms with Crippen LogP contribution in [0.4, 0.5) is 5.13 Å². The highest BCUT2D eigenvalue weighted by molar-refractivity contribution is 8.02. The first-order chi connectivity index (χ1) is 7.04. The number of hydrogen-bond acceptors (Lipinski definition) is 6. The molecule has 84 valence electrons. The first kappa shape index (κ1) is 12.3. The van der Waals surface area contributed by atoms with Crippen LogP contribution in [0.1, 0.15) is 5.69 Å². The zero-order valence-corrected chi connectivity index (χ0v) is 10.0. The van der Waals surface area contributed by atoms with Crippen molar-refractivity contribution in [2.24, 2.45) is 0 Å². The molecule has 0 spiro atoms. The molecule has 15 heavy (non-hydrogen) atoms. The van der Waals surface area contributed by atoms with E-state index in [9.17, 15) is 4.79 Å². The summed E-state index contributed by atoms with van der Waals surface area (Å²) >= 11 is 2.52. The number of nitrogen functional groups attached to an aromatic ring is 1. The molecule has 0 amide bonds. The molecule has 1 unspecified atom stereocenters. The Kier molecular flexibility index (Phi) is 4.37. The average molecular weight is 248 g/mol. The fourth-order valence-corrected chi connectivity index (χ4v) is 3.09. The summed E-state index contributed by atoms with van der Waals surface area (Å²) in [6, 6.07) is 0. The van der Waals surface area contributed by atoms with E-state index in [1.165, 1.54) is 30.2 Å². The molecule has 0 fully saturated rings. The van der Waals surface area contributed by atoms with Gasteiger partial charge in [-0.05, 0) is 6.92 Å². The van der Waals surface area contributed by atoms with Crippen LogP contribution in [-0.2, 0) is 9.53 Å². The number of methoxy groups -OCH3 is 1. The Labute approximate surface area is 95.6 Å². The average Bonchev–Trinajstić information content (AvgIpc) is 2.44. The number of rotatable bonds is 5. The van der Waals surface area contributed by atoms with Crippen LogP contribution in [-0.4, -0.2) is 35.0 Å². The summed E-state index contributed by atoms with van der Waals surface area (Å²) in [6.45, 7) is 1.97. The fraction of sp³-hybridized carbons (Fsp3) is 0.500. The molecule has 1 aromatic rings. The van der Waals surface area contributed by atoms with Crippen LogP contribution in [0.5, 0.6) is 0 Å². The molecule has 0 aliphatic rings. The van der Waals surface area contributed by atoms with Gasteiger partial charge in [0.25, 0.3) is 0 Å². The highest BCUT2D eigenvalue weighted by Crippen LogP contribution is 2.33. The molecular weight excluding hydrogens is 236 g/mol. The lowest BCUT2D eigenvalue weighted by Gasteiger charge is -2.09. The number of nitrogens with zero attached hydrogens (tertiary/aromatic N) is 1. The second kappa shape index (κ2) is 5.34. The highest BCUT2D eigenvalue weighted by Gasteiger charge is 2.21. The molecule has 0 aliphatic carbocycles. The summed E-state index contributed by atoms with van der Waals surface area (Å²) in [5.74, 6) is -0.895. The van der Waals surface area contributed by atoms with Gasteiger partial charge in [0, 0.05) is 7.11 Å². The fourth-order valence-electron chi connectivity index (χ4n) is 0.948. The summed E-state index contributed by atoms with van der Waals surface area (Å²) in [7, 11) is 1.48. The van der Waals surface area contributed by atoms with Crippen LogP contribution in [0.25, 0.3) is 0 Å². The summed E-state index contributed by atoms with van der Waals surface area (Å²) in [5, 5.41) is 8.75. The largest absolute Gasteiger partial charge is 0.480 e. The molecule has 1 aromatic heterocycles. The van der Waals surface area contributed by atoms with Crippen molar-refractivity contribution in [1.29, 1.82) is 0 Å². The summed E-state index contributed by atoms with van der Waals surface area (Å²) in [4.78, 5) is 14.9. The maximum atomic E-state index is 10.9. The van der Waals surface area contributed by atoms with E-state index >= 15 is 0 Å². The van der Waals surface area contributed by atoms with Crippen LogP contribution in [0.15, 0.2) is 4.21 Å². The van der Waals surface area contributed by atoms with Crippen LogP contribution >= 0.6 is 23.1 Å². The number of carbonyl (C=O) groups is 1. The van der Waals surface area contributed by atoms with E-state index in [4.69, 9.17) is 15.6 Å². The number of carboxylic acid groups (broad SMARTS) is 1. The number of aromatic nitrogens is 1. The first-order valence-electron chi connectivity index (χ1n) is 4.16. The molecule has 7 heteroatoms. The normalized spacial score (nSPS) is 12.7. The minimum absolute atomic E-state index is 0.164. The third-order valence-corrected chi connectivity index (χ3v) is 4.06. The van der Waals surface area contributed by atoms with Gasteiger partial charge in [0.05, 0.1) is 16.5 Å². The number of thiazole rings is 1. The van der Waals surface area contributed by atoms with E-state index < -0.39 is 11.2 Å². The second-order valence-corrected chi connectivity index (χ2v) is 5.33. The first-order valence-corrected chi connectivity index (χ1v) is 5.85. The van der Waals surface area contributed by atoms with E-state index in [0.29, 0.717) is 5.13 Å². The lowest BCUT2D eigenvalue weighted by molar-refractivity contribution is -0.137. The minimum Gasteiger partial charge on any atom is -0.480 e. The topological polar surface area (TPSA) is 85.4 Å². The van der Waals surface area contributed by atoms with Gasteiger partial charge in [-0.2, -0.15) is 0 Å². The molecule has 0 bridgehead atoms. The number of carboxylic acids is 1. The Balaban J connectivity index is 2.73. The lowest BCUT2D eigenvalue weighted by atomic mass is 10.5. The molecule has 1 rings (SSSR count). The van der Waals surface area contributed by atoms with E-state index in [1.54, 1.807) is 6.92 Å². The third kappa shape index (κ3) is 3.37. The van der Waals surface area contributed by atoms with Gasteiger partial charge in [-0.1, -0.05) is 23.1 Å². The van der Waals surface area contributed by atoms with Crippen molar-refractivity contribution >= 4 is 34.2 Å². The van der Waals surface area contributed by atoms with E-state index in [0.717, 1.165) is 9.90 Å². The molecule has 1 heterocycles. The number of aliphatic carboxylic acids is 1. The van der Waals surface area contributed by atoms with Crippen LogP contribution < -0.4 is 5.73 Å². The maximum absolute atomic E-state index is 10.9. The molecule has 0 aromatic carbocycles. The summed E-state index contributed by atoms with van der Waals surface area (Å²) in [5.41, 5.74) is 6.29. The molecular formula is C8H12N2O3S2. The van der Waals surface area contributed by atoms with Crippen molar-refractivity contribution in [1.82, 2.24) is 4.98 Å². The number of anilines is 1. The van der Waals surface area contributed by atoms with Gasteiger partial charge < -0.3 is 15.6 Å². The van der Waals surface area contributed by atoms with Crippen molar-refractivity contribution in [2.45, 2.75) is 16.4 Å². The Bertz CT molecular complexity index is 354. The number of hydrogen-bond donors (Lipinski definition) is 2. The molecule has 0 saturated heterocycles. The van der Waals surface area contributed by atoms with Gasteiger partial charge in [-0.3, -0.25) is 4.79 Å². The molecule has 1 atom stereocenters. The Morgan fingerprint density at radius 3 is 2.87 bits per heavy atom. The predicted molar refractivity (Wildman–Crippen MR) is 60.4 cm³/mol. The maximum Gasteiger partial charge on any atom is 0.319 e. The molecule has 0 aliphatic heterocycles. The smallest absolute Gasteiger partial charge is 0.319 e. The van der Waals surface area contributed by atoms with Gasteiger partial charge in [0.1, 0.15) is 5.25 Å². The number of ether oxygens (including phenoxy) is 1. The lowest BCUT2D eigenvalue weighted by Crippen LogP contribution is -2.21.